The second-order valence-electron chi connectivity index (χ2n) is 2.43. The molecule has 0 aliphatic carbocycles. The highest BCUT2D eigenvalue weighted by molar-refractivity contribution is 5.55. The number of furan rings is 1. The molecule has 64 valence electrons. The molecule has 1 heterocycles. The maximum atomic E-state index is 8.63. The van der Waals surface area contributed by atoms with Gasteiger partial charge in [0.1, 0.15) is 11.6 Å². The molecule has 0 fully saturated rings. The summed E-state index contributed by atoms with van der Waals surface area (Å²) in [5, 5.41) is 11.6. The molecule has 1 rings (SSSR count). The van der Waals surface area contributed by atoms with E-state index in [1.165, 1.54) is 6.07 Å². The highest BCUT2D eigenvalue weighted by Crippen LogP contribution is 2.21. The van der Waals surface area contributed by atoms with Crippen LogP contribution in [0.25, 0.3) is 0 Å². The van der Waals surface area contributed by atoms with Crippen LogP contribution in [0.5, 0.6) is 0 Å². The lowest BCUT2D eigenvalue weighted by Crippen LogP contribution is -1.99. The molecule has 0 aliphatic heterocycles. The molecule has 1 aromatic rings. The summed E-state index contributed by atoms with van der Waals surface area (Å²) in [6, 6.07) is 3.50. The number of anilines is 2. The number of nitrogens with zero attached hydrogens (tertiary/aromatic N) is 1. The molecule has 0 aromatic carbocycles. The van der Waals surface area contributed by atoms with Gasteiger partial charge in [-0.3, -0.25) is 0 Å². The first kappa shape index (κ1) is 8.47. The van der Waals surface area contributed by atoms with E-state index < -0.39 is 0 Å². The largest absolute Gasteiger partial charge is 0.424 e. The van der Waals surface area contributed by atoms with Crippen LogP contribution in [0.1, 0.15) is 18.9 Å². The molecule has 0 aliphatic rings. The van der Waals surface area contributed by atoms with Gasteiger partial charge in [-0.1, -0.05) is 6.92 Å². The van der Waals surface area contributed by atoms with Crippen LogP contribution in [0.15, 0.2) is 10.5 Å². The Hall–Kier alpha value is -1.63. The van der Waals surface area contributed by atoms with E-state index in [0.29, 0.717) is 11.4 Å². The predicted molar refractivity (Wildman–Crippen MR) is 46.6 cm³/mol. The van der Waals surface area contributed by atoms with Crippen LogP contribution in [0.2, 0.25) is 0 Å². The lowest BCUT2D eigenvalue weighted by Gasteiger charge is -1.98. The predicted octanol–water partition coefficient (Wildman–Crippen LogP) is 1.56. The van der Waals surface area contributed by atoms with Gasteiger partial charge in [-0.05, 0) is 6.42 Å². The van der Waals surface area contributed by atoms with Crippen molar-refractivity contribution in [3.63, 3.8) is 0 Å². The van der Waals surface area contributed by atoms with E-state index in [1.807, 2.05) is 13.0 Å². The minimum Gasteiger partial charge on any atom is -0.424 e. The summed E-state index contributed by atoms with van der Waals surface area (Å²) in [7, 11) is 0. The molecule has 0 spiro atoms. The number of rotatable bonds is 3. The van der Waals surface area contributed by atoms with E-state index in [4.69, 9.17) is 15.4 Å². The van der Waals surface area contributed by atoms with Gasteiger partial charge in [0.15, 0.2) is 5.88 Å². The van der Waals surface area contributed by atoms with Crippen LogP contribution in [0.4, 0.5) is 11.8 Å². The lowest BCUT2D eigenvalue weighted by atomic mass is 10.3. The second-order valence-corrected chi connectivity index (χ2v) is 2.43. The maximum Gasteiger partial charge on any atom is 0.213 e. The quantitative estimate of drug-likeness (QED) is 0.712. The van der Waals surface area contributed by atoms with Crippen molar-refractivity contribution in [2.75, 3.05) is 17.6 Å². The zero-order valence-electron chi connectivity index (χ0n) is 6.92. The van der Waals surface area contributed by atoms with Crippen LogP contribution in [0, 0.1) is 11.3 Å². The van der Waals surface area contributed by atoms with Crippen molar-refractivity contribution in [3.8, 4) is 6.07 Å². The summed E-state index contributed by atoms with van der Waals surface area (Å²) in [6.07, 6.45) is 0.978. The lowest BCUT2D eigenvalue weighted by molar-refractivity contribution is 0.597. The molecule has 4 nitrogen and oxygen atoms in total. The second kappa shape index (κ2) is 3.67. The van der Waals surface area contributed by atoms with Gasteiger partial charge in [-0.25, -0.2) is 0 Å². The molecule has 0 saturated carbocycles. The third-order valence-electron chi connectivity index (χ3n) is 1.41. The van der Waals surface area contributed by atoms with E-state index in [0.717, 1.165) is 13.0 Å². The molecular weight excluding hydrogens is 154 g/mol. The van der Waals surface area contributed by atoms with Crippen molar-refractivity contribution in [1.82, 2.24) is 0 Å². The molecule has 0 atom stereocenters. The normalized spacial score (nSPS) is 9.33. The Balaban J connectivity index is 2.77. The molecule has 4 heteroatoms. The average molecular weight is 165 g/mol. The monoisotopic (exact) mass is 165 g/mol. The number of hydrogen-bond donors (Lipinski definition) is 2. The first-order valence-electron chi connectivity index (χ1n) is 3.81. The summed E-state index contributed by atoms with van der Waals surface area (Å²) in [6.45, 7) is 2.81. The van der Waals surface area contributed by atoms with Crippen LogP contribution >= 0.6 is 0 Å². The number of nitrogen functional groups attached to an aromatic ring is 1. The first-order chi connectivity index (χ1) is 5.77. The van der Waals surface area contributed by atoms with Crippen molar-refractivity contribution in [2.45, 2.75) is 13.3 Å². The van der Waals surface area contributed by atoms with Crippen LogP contribution < -0.4 is 11.1 Å². The van der Waals surface area contributed by atoms with E-state index in [1.54, 1.807) is 0 Å². The van der Waals surface area contributed by atoms with Gasteiger partial charge in [-0.15, -0.1) is 0 Å². The molecule has 0 amide bonds. The van der Waals surface area contributed by atoms with E-state index in [2.05, 4.69) is 5.32 Å². The van der Waals surface area contributed by atoms with Crippen molar-refractivity contribution in [3.05, 3.63) is 11.6 Å². The van der Waals surface area contributed by atoms with Gasteiger partial charge in [0.2, 0.25) is 5.88 Å². The summed E-state index contributed by atoms with van der Waals surface area (Å²) in [4.78, 5) is 0. The minimum absolute atomic E-state index is 0.269. The number of hydrogen-bond acceptors (Lipinski definition) is 4. The smallest absolute Gasteiger partial charge is 0.213 e. The summed E-state index contributed by atoms with van der Waals surface area (Å²) < 4.78 is 5.05. The standard InChI is InChI=1S/C8H11N3O/c1-2-3-11-8-6(5-9)4-7(10)12-8/h4,11H,2-3,10H2,1H3. The summed E-state index contributed by atoms with van der Waals surface area (Å²) in [5.41, 5.74) is 5.83. The summed E-state index contributed by atoms with van der Waals surface area (Å²) in [5.74, 6) is 0.738. The van der Waals surface area contributed by atoms with E-state index in [-0.39, 0.29) is 5.88 Å². The fraction of sp³-hybridized carbons (Fsp3) is 0.375. The Bertz CT molecular complexity index is 298. The third kappa shape index (κ3) is 1.70. The molecule has 0 bridgehead atoms. The zero-order chi connectivity index (χ0) is 8.97. The molecule has 0 radical (unpaired) electrons. The van der Waals surface area contributed by atoms with Crippen molar-refractivity contribution < 1.29 is 4.42 Å². The Labute approximate surface area is 71.0 Å². The fourth-order valence-electron chi connectivity index (χ4n) is 0.863. The average Bonchev–Trinajstić information content (AvgIpc) is 2.42. The molecule has 3 N–H and O–H groups in total. The molecule has 0 unspecified atom stereocenters. The van der Waals surface area contributed by atoms with E-state index in [9.17, 15) is 0 Å². The van der Waals surface area contributed by atoms with Crippen molar-refractivity contribution in [1.29, 1.82) is 5.26 Å². The fourth-order valence-corrected chi connectivity index (χ4v) is 0.863. The topological polar surface area (TPSA) is 75.0 Å². The molecule has 0 saturated heterocycles. The number of nitriles is 1. The zero-order valence-corrected chi connectivity index (χ0v) is 6.92. The maximum absolute atomic E-state index is 8.63. The highest BCUT2D eigenvalue weighted by atomic mass is 16.4. The first-order valence-corrected chi connectivity index (χ1v) is 3.81. The number of nitrogens with two attached hydrogens (primary N) is 1. The van der Waals surface area contributed by atoms with Crippen LogP contribution in [-0.4, -0.2) is 6.54 Å². The van der Waals surface area contributed by atoms with Gasteiger partial charge in [-0.2, -0.15) is 5.26 Å². The Morgan fingerprint density at radius 2 is 2.50 bits per heavy atom. The van der Waals surface area contributed by atoms with Gasteiger partial charge in [0.05, 0.1) is 0 Å². The highest BCUT2D eigenvalue weighted by Gasteiger charge is 2.06. The Kier molecular flexibility index (Phi) is 2.59. The van der Waals surface area contributed by atoms with Crippen LogP contribution in [0.3, 0.4) is 0 Å². The van der Waals surface area contributed by atoms with Gasteiger partial charge < -0.3 is 15.5 Å². The molecular formula is C8H11N3O. The van der Waals surface area contributed by atoms with Crippen molar-refractivity contribution >= 4 is 11.8 Å². The Morgan fingerprint density at radius 1 is 1.75 bits per heavy atom. The molecule has 12 heavy (non-hydrogen) atoms. The molecule has 1 aromatic heterocycles. The summed E-state index contributed by atoms with van der Waals surface area (Å²) >= 11 is 0. The van der Waals surface area contributed by atoms with Gasteiger partial charge >= 0.3 is 0 Å². The third-order valence-corrected chi connectivity index (χ3v) is 1.41. The van der Waals surface area contributed by atoms with Crippen molar-refractivity contribution in [2.24, 2.45) is 0 Å². The number of nitrogens with one attached hydrogen (secondary N) is 1. The van der Waals surface area contributed by atoms with Gasteiger partial charge in [0.25, 0.3) is 0 Å². The van der Waals surface area contributed by atoms with Gasteiger partial charge in [0, 0.05) is 12.6 Å². The SMILES string of the molecule is CCCNc1oc(N)cc1C#N. The minimum atomic E-state index is 0.269. The van der Waals surface area contributed by atoms with Crippen LogP contribution in [-0.2, 0) is 0 Å². The van der Waals surface area contributed by atoms with E-state index >= 15 is 0 Å². The Morgan fingerprint density at radius 3 is 3.08 bits per heavy atom.